The van der Waals surface area contributed by atoms with Crippen LogP contribution in [0.25, 0.3) is 0 Å². The summed E-state index contributed by atoms with van der Waals surface area (Å²) < 4.78 is 16.8. The molecule has 0 bridgehead atoms. The molecule has 0 aliphatic carbocycles. The Labute approximate surface area is 497 Å². The van der Waals surface area contributed by atoms with Crippen LogP contribution in [0.4, 0.5) is 0 Å². The van der Waals surface area contributed by atoms with Gasteiger partial charge in [-0.15, -0.1) is 0 Å². The van der Waals surface area contributed by atoms with E-state index in [-0.39, 0.29) is 31.1 Å². The second kappa shape index (κ2) is 67.0. The molecule has 0 saturated heterocycles. The minimum absolute atomic E-state index is 0.109. The Kier molecular flexibility index (Phi) is 62.5. The van der Waals surface area contributed by atoms with Gasteiger partial charge < -0.3 is 14.2 Å². The average Bonchev–Trinajstić information content (AvgIpc) is 3.46. The van der Waals surface area contributed by atoms with Crippen molar-refractivity contribution in [2.75, 3.05) is 13.2 Å². The molecule has 6 heteroatoms. The van der Waals surface area contributed by atoms with Crippen molar-refractivity contribution in [2.24, 2.45) is 0 Å². The normalized spacial score (nSPS) is 13.4. The second-order valence-electron chi connectivity index (χ2n) is 20.5. The maximum atomic E-state index is 12.9. The maximum Gasteiger partial charge on any atom is 0.306 e. The lowest BCUT2D eigenvalue weighted by molar-refractivity contribution is -0.167. The number of unbranched alkanes of at least 4 members (excludes halogenated alkanes) is 15. The van der Waals surface area contributed by atoms with Gasteiger partial charge in [-0.3, -0.25) is 14.4 Å². The monoisotopic (exact) mass is 1110 g/mol. The molecule has 1 unspecified atom stereocenters. The summed E-state index contributed by atoms with van der Waals surface area (Å²) in [5.41, 5.74) is 0. The number of allylic oxidation sites excluding steroid dienone is 30. The number of ether oxygens (including phenoxy) is 3. The lowest BCUT2D eigenvalue weighted by Crippen LogP contribution is -2.30. The number of carbonyl (C=O) groups excluding carboxylic acids is 3. The minimum Gasteiger partial charge on any atom is -0.462 e. The van der Waals surface area contributed by atoms with E-state index in [0.29, 0.717) is 19.3 Å². The Hall–Kier alpha value is -5.49. The van der Waals surface area contributed by atoms with E-state index >= 15 is 0 Å². The Balaban J connectivity index is 4.32. The molecule has 1 atom stereocenters. The summed E-state index contributed by atoms with van der Waals surface area (Å²) in [4.78, 5) is 38.2. The van der Waals surface area contributed by atoms with Crippen LogP contribution in [0.2, 0.25) is 0 Å². The maximum absolute atomic E-state index is 12.9. The predicted molar refractivity (Wildman–Crippen MR) is 352 cm³/mol. The van der Waals surface area contributed by atoms with Crippen LogP contribution in [0.1, 0.15) is 252 Å². The number of esters is 3. The lowest BCUT2D eigenvalue weighted by Gasteiger charge is -2.18. The molecular formula is C75H116O6. The van der Waals surface area contributed by atoms with Crippen LogP contribution in [-0.4, -0.2) is 37.2 Å². The standard InChI is InChI=1S/C75H116O6/c1-4-7-10-13-16-19-22-25-27-28-29-30-31-32-33-34-35-36-37-38-39-40-41-42-43-44-45-46-48-50-53-56-59-62-65-68-74(77)80-71-72(70-79-73(76)67-64-61-58-55-52-49-24-21-18-15-12-9-6-3)81-75(78)69-66-63-60-57-54-51-47-26-23-20-17-14-11-8-5-2/h7-12,16-21,25-27,29-30,32-33,35-36,38-39,41-42,44-45,47,49,52,72H,4-6,13-15,22-24,28,31,34,37,40,43,46,48,50-51,53-71H2,1-3H3/b10-7-,11-8-,12-9-,19-16-,20-17-,21-18-,27-25-,30-29-,33-32-,36-35-,39-38-,42-41-,45-44-,47-26-,52-49-. The highest BCUT2D eigenvalue weighted by Gasteiger charge is 2.19. The van der Waals surface area contributed by atoms with E-state index in [2.05, 4.69) is 203 Å². The Morgan fingerprint density at radius 1 is 0.247 bits per heavy atom. The summed E-state index contributed by atoms with van der Waals surface area (Å²) in [6.45, 7) is 6.23. The molecule has 6 nitrogen and oxygen atoms in total. The van der Waals surface area contributed by atoms with Crippen molar-refractivity contribution >= 4 is 17.9 Å². The zero-order valence-electron chi connectivity index (χ0n) is 51.7. The second-order valence-corrected chi connectivity index (χ2v) is 20.5. The van der Waals surface area contributed by atoms with Gasteiger partial charge in [0.15, 0.2) is 6.10 Å². The number of hydrogen-bond donors (Lipinski definition) is 0. The van der Waals surface area contributed by atoms with Crippen LogP contribution in [0, 0.1) is 0 Å². The van der Waals surface area contributed by atoms with Gasteiger partial charge in [0, 0.05) is 19.3 Å². The summed E-state index contributed by atoms with van der Waals surface area (Å²) >= 11 is 0. The molecule has 0 rings (SSSR count). The molecule has 0 aromatic rings. The summed E-state index contributed by atoms with van der Waals surface area (Å²) in [6, 6.07) is 0. The number of hydrogen-bond acceptors (Lipinski definition) is 6. The molecule has 0 aliphatic heterocycles. The first-order valence-corrected chi connectivity index (χ1v) is 32.3. The van der Waals surface area contributed by atoms with Crippen LogP contribution in [0.5, 0.6) is 0 Å². The molecule has 0 amide bonds. The zero-order valence-corrected chi connectivity index (χ0v) is 51.7. The van der Waals surface area contributed by atoms with Crippen LogP contribution in [-0.2, 0) is 28.6 Å². The van der Waals surface area contributed by atoms with Gasteiger partial charge in [0.2, 0.25) is 0 Å². The highest BCUT2D eigenvalue weighted by Crippen LogP contribution is 2.14. The van der Waals surface area contributed by atoms with Crippen molar-refractivity contribution in [1.29, 1.82) is 0 Å². The molecule has 0 aliphatic rings. The fourth-order valence-corrected chi connectivity index (χ4v) is 8.17. The summed E-state index contributed by atoms with van der Waals surface area (Å²) in [5, 5.41) is 0. The molecule has 0 heterocycles. The van der Waals surface area contributed by atoms with Crippen LogP contribution in [0.15, 0.2) is 182 Å². The van der Waals surface area contributed by atoms with Crippen molar-refractivity contribution in [1.82, 2.24) is 0 Å². The molecule has 0 aromatic heterocycles. The molecular weight excluding hydrogens is 997 g/mol. The van der Waals surface area contributed by atoms with Gasteiger partial charge in [-0.25, -0.2) is 0 Å². The number of rotatable bonds is 56. The predicted octanol–water partition coefficient (Wildman–Crippen LogP) is 22.4. The summed E-state index contributed by atoms with van der Waals surface area (Å²) in [5.74, 6) is -0.974. The Bertz CT molecular complexity index is 1900. The van der Waals surface area contributed by atoms with E-state index in [4.69, 9.17) is 14.2 Å². The quantitative estimate of drug-likeness (QED) is 0.0261. The molecule has 0 aromatic carbocycles. The molecule has 452 valence electrons. The van der Waals surface area contributed by atoms with Gasteiger partial charge in [0.05, 0.1) is 0 Å². The largest absolute Gasteiger partial charge is 0.462 e. The van der Waals surface area contributed by atoms with Crippen molar-refractivity contribution < 1.29 is 28.6 Å². The van der Waals surface area contributed by atoms with Gasteiger partial charge in [-0.05, 0) is 154 Å². The van der Waals surface area contributed by atoms with E-state index in [1.807, 2.05) is 0 Å². The Morgan fingerprint density at radius 2 is 0.444 bits per heavy atom. The van der Waals surface area contributed by atoms with E-state index < -0.39 is 6.10 Å². The molecule has 0 radical (unpaired) electrons. The van der Waals surface area contributed by atoms with E-state index in [0.717, 1.165) is 193 Å². The topological polar surface area (TPSA) is 78.9 Å². The van der Waals surface area contributed by atoms with Gasteiger partial charge in [-0.1, -0.05) is 261 Å². The van der Waals surface area contributed by atoms with Crippen LogP contribution < -0.4 is 0 Å². The molecule has 0 fully saturated rings. The van der Waals surface area contributed by atoms with E-state index in [1.165, 1.54) is 19.3 Å². The fourth-order valence-electron chi connectivity index (χ4n) is 8.17. The van der Waals surface area contributed by atoms with Gasteiger partial charge in [0.25, 0.3) is 0 Å². The highest BCUT2D eigenvalue weighted by molar-refractivity contribution is 5.71. The van der Waals surface area contributed by atoms with Crippen molar-refractivity contribution in [3.05, 3.63) is 182 Å². The van der Waals surface area contributed by atoms with E-state index in [1.54, 1.807) is 0 Å². The van der Waals surface area contributed by atoms with Crippen molar-refractivity contribution in [3.8, 4) is 0 Å². The summed E-state index contributed by atoms with van der Waals surface area (Å²) in [6.07, 6.45) is 101. The Morgan fingerprint density at radius 3 is 0.704 bits per heavy atom. The highest BCUT2D eigenvalue weighted by atomic mass is 16.6. The molecule has 81 heavy (non-hydrogen) atoms. The molecule has 0 spiro atoms. The molecule has 0 saturated carbocycles. The van der Waals surface area contributed by atoms with Crippen LogP contribution >= 0.6 is 0 Å². The third kappa shape index (κ3) is 65.2. The van der Waals surface area contributed by atoms with Crippen LogP contribution in [0.3, 0.4) is 0 Å². The smallest absolute Gasteiger partial charge is 0.306 e. The van der Waals surface area contributed by atoms with E-state index in [9.17, 15) is 14.4 Å². The van der Waals surface area contributed by atoms with Gasteiger partial charge >= 0.3 is 17.9 Å². The first-order chi connectivity index (χ1) is 40.0. The third-order valence-corrected chi connectivity index (χ3v) is 12.9. The van der Waals surface area contributed by atoms with Gasteiger partial charge in [-0.2, -0.15) is 0 Å². The average molecular weight is 1110 g/mol. The van der Waals surface area contributed by atoms with Gasteiger partial charge in [0.1, 0.15) is 13.2 Å². The SMILES string of the molecule is CC/C=C\C/C=C\C/C=C\C/C=C\C/C=C\C/C=C\C/C=C\C/C=C\C/C=C\CCCCCCCCCC(=O)OCC(COC(=O)CCCCC/C=C\C/C=C\C/C=C\CC)OC(=O)CCCCCCC/C=C\C/C=C\C/C=C\CC. The zero-order chi connectivity index (χ0) is 58.5. The van der Waals surface area contributed by atoms with Crippen molar-refractivity contribution in [3.63, 3.8) is 0 Å². The molecule has 0 N–H and O–H groups in total. The first kappa shape index (κ1) is 75.5. The first-order valence-electron chi connectivity index (χ1n) is 32.3. The van der Waals surface area contributed by atoms with Crippen molar-refractivity contribution in [2.45, 2.75) is 258 Å². The third-order valence-electron chi connectivity index (χ3n) is 12.9. The minimum atomic E-state index is -0.814. The summed E-state index contributed by atoms with van der Waals surface area (Å²) in [7, 11) is 0. The fraction of sp³-hybridized carbons (Fsp3) is 0.560. The number of carbonyl (C=O) groups is 3. The lowest BCUT2D eigenvalue weighted by atomic mass is 10.1.